The Morgan fingerprint density at radius 3 is 2.80 bits per heavy atom. The molecule has 3 rings (SSSR count). The van der Waals surface area contributed by atoms with Crippen LogP contribution in [0.4, 0.5) is 5.82 Å². The highest BCUT2D eigenvalue weighted by Gasteiger charge is 2.17. The summed E-state index contributed by atoms with van der Waals surface area (Å²) in [5.74, 6) is 0.697. The van der Waals surface area contributed by atoms with E-state index in [0.29, 0.717) is 22.9 Å². The van der Waals surface area contributed by atoms with Crippen molar-refractivity contribution in [2.45, 2.75) is 13.8 Å². The van der Waals surface area contributed by atoms with Gasteiger partial charge in [0.15, 0.2) is 5.69 Å². The van der Waals surface area contributed by atoms with Crippen molar-refractivity contribution in [1.29, 1.82) is 0 Å². The molecule has 1 heterocycles. The van der Waals surface area contributed by atoms with Gasteiger partial charge >= 0.3 is 0 Å². The van der Waals surface area contributed by atoms with Crippen molar-refractivity contribution < 1.29 is 14.2 Å². The molecule has 0 unspecified atom stereocenters. The number of amides is 1. The average Bonchev–Trinajstić information content (AvgIpc) is 3.05. The molecule has 0 aliphatic carbocycles. The summed E-state index contributed by atoms with van der Waals surface area (Å²) in [5.41, 5.74) is 2.59. The minimum atomic E-state index is -0.345. The van der Waals surface area contributed by atoms with E-state index in [1.54, 1.807) is 24.3 Å². The Bertz CT molecular complexity index is 908. The van der Waals surface area contributed by atoms with Crippen molar-refractivity contribution in [2.24, 2.45) is 0 Å². The number of aryl methyl sites for hydroxylation is 1. The normalized spacial score (nSPS) is 10.5. The number of hydrogen-bond acceptors (Lipinski definition) is 5. The van der Waals surface area contributed by atoms with Gasteiger partial charge in [0.25, 0.3) is 5.91 Å². The van der Waals surface area contributed by atoms with Crippen molar-refractivity contribution in [3.8, 4) is 17.0 Å². The van der Waals surface area contributed by atoms with Gasteiger partial charge in [0.2, 0.25) is 5.82 Å². The van der Waals surface area contributed by atoms with Crippen LogP contribution >= 0.6 is 11.6 Å². The lowest BCUT2D eigenvalue weighted by Gasteiger charge is -2.08. The highest BCUT2D eigenvalue weighted by molar-refractivity contribution is 6.31. The van der Waals surface area contributed by atoms with Gasteiger partial charge in [-0.15, -0.1) is 0 Å². The van der Waals surface area contributed by atoms with E-state index in [1.807, 2.05) is 32.0 Å². The number of carbonyl (C=O) groups excluding carboxylic acids is 1. The molecule has 7 heteroatoms. The molecule has 3 aromatic rings. The topological polar surface area (TPSA) is 77.2 Å². The van der Waals surface area contributed by atoms with Gasteiger partial charge in [-0.25, -0.2) is 4.63 Å². The third-order valence-corrected chi connectivity index (χ3v) is 3.79. The second kappa shape index (κ2) is 7.36. The van der Waals surface area contributed by atoms with E-state index in [9.17, 15) is 4.79 Å². The minimum Gasteiger partial charge on any atom is -0.494 e. The number of halogens is 1. The van der Waals surface area contributed by atoms with E-state index >= 15 is 0 Å². The number of carbonyl (C=O) groups is 1. The van der Waals surface area contributed by atoms with Crippen molar-refractivity contribution in [3.63, 3.8) is 0 Å². The number of ether oxygens (including phenoxy) is 1. The lowest BCUT2D eigenvalue weighted by atomic mass is 10.1. The van der Waals surface area contributed by atoms with Crippen molar-refractivity contribution >= 4 is 23.3 Å². The van der Waals surface area contributed by atoms with Gasteiger partial charge < -0.3 is 10.1 Å². The van der Waals surface area contributed by atoms with Crippen molar-refractivity contribution in [3.05, 3.63) is 58.6 Å². The zero-order chi connectivity index (χ0) is 17.8. The fourth-order valence-electron chi connectivity index (χ4n) is 2.38. The van der Waals surface area contributed by atoms with E-state index in [0.717, 1.165) is 16.9 Å². The summed E-state index contributed by atoms with van der Waals surface area (Å²) in [5, 5.41) is 10.9. The number of hydrogen-bond donors (Lipinski definition) is 1. The molecule has 2 aromatic carbocycles. The number of nitrogens with one attached hydrogen (secondary N) is 1. The zero-order valence-electron chi connectivity index (χ0n) is 13.7. The molecule has 0 radical (unpaired) electrons. The largest absolute Gasteiger partial charge is 0.494 e. The first-order chi connectivity index (χ1) is 12.1. The van der Waals surface area contributed by atoms with E-state index in [4.69, 9.17) is 21.0 Å². The third-order valence-electron chi connectivity index (χ3n) is 3.56. The summed E-state index contributed by atoms with van der Waals surface area (Å²) < 4.78 is 10.3. The fraction of sp³-hybridized carbons (Fsp3) is 0.167. The van der Waals surface area contributed by atoms with Crippen LogP contribution in [0.3, 0.4) is 0 Å². The smallest absolute Gasteiger partial charge is 0.257 e. The Kier molecular flexibility index (Phi) is 5.00. The third kappa shape index (κ3) is 3.80. The van der Waals surface area contributed by atoms with Crippen LogP contribution < -0.4 is 10.1 Å². The number of anilines is 1. The molecule has 128 valence electrons. The number of benzene rings is 2. The molecule has 1 aromatic heterocycles. The van der Waals surface area contributed by atoms with Crippen molar-refractivity contribution in [1.82, 2.24) is 10.3 Å². The van der Waals surface area contributed by atoms with Gasteiger partial charge in [-0.2, -0.15) is 0 Å². The number of nitrogens with zero attached hydrogens (tertiary/aromatic N) is 2. The maximum atomic E-state index is 12.4. The molecule has 0 atom stereocenters. The van der Waals surface area contributed by atoms with Crippen LogP contribution in [0.25, 0.3) is 11.3 Å². The van der Waals surface area contributed by atoms with Gasteiger partial charge in [0, 0.05) is 16.1 Å². The standard InChI is InChI=1S/C18H16ClN3O3/c1-3-24-15-8-7-12(9-11(15)2)16-17(22-25-21-16)20-18(23)13-5-4-6-14(19)10-13/h4-10H,3H2,1-2H3,(H,20,22,23). The Balaban J connectivity index is 1.86. The quantitative estimate of drug-likeness (QED) is 0.734. The Morgan fingerprint density at radius 2 is 2.08 bits per heavy atom. The van der Waals surface area contributed by atoms with Gasteiger partial charge in [0.1, 0.15) is 5.75 Å². The molecule has 25 heavy (non-hydrogen) atoms. The predicted octanol–water partition coefficient (Wildman–Crippen LogP) is 4.35. The SMILES string of the molecule is CCOc1ccc(-c2nonc2NC(=O)c2cccc(Cl)c2)cc1C. The molecule has 1 N–H and O–H groups in total. The van der Waals surface area contributed by atoms with Crippen LogP contribution in [-0.2, 0) is 0 Å². The highest BCUT2D eigenvalue weighted by atomic mass is 35.5. The first-order valence-electron chi connectivity index (χ1n) is 7.71. The lowest BCUT2D eigenvalue weighted by molar-refractivity contribution is 0.102. The maximum absolute atomic E-state index is 12.4. The van der Waals surface area contributed by atoms with Gasteiger partial charge in [-0.3, -0.25) is 4.79 Å². The van der Waals surface area contributed by atoms with Gasteiger partial charge in [0.05, 0.1) is 6.61 Å². The molecule has 6 nitrogen and oxygen atoms in total. The Hall–Kier alpha value is -2.86. The van der Waals surface area contributed by atoms with Gasteiger partial charge in [-0.05, 0) is 66.1 Å². The average molecular weight is 358 g/mol. The van der Waals surface area contributed by atoms with Crippen LogP contribution in [-0.4, -0.2) is 22.8 Å². The van der Waals surface area contributed by atoms with Gasteiger partial charge in [-0.1, -0.05) is 17.7 Å². The van der Waals surface area contributed by atoms with E-state index < -0.39 is 0 Å². The maximum Gasteiger partial charge on any atom is 0.257 e. The van der Waals surface area contributed by atoms with E-state index in [1.165, 1.54) is 0 Å². The first-order valence-corrected chi connectivity index (χ1v) is 8.09. The molecule has 1 amide bonds. The summed E-state index contributed by atoms with van der Waals surface area (Å²) in [7, 11) is 0. The fourth-order valence-corrected chi connectivity index (χ4v) is 2.57. The Labute approximate surface area is 149 Å². The van der Waals surface area contributed by atoms with Crippen LogP contribution in [0, 0.1) is 6.92 Å². The molecule has 0 spiro atoms. The molecule has 0 aliphatic heterocycles. The summed E-state index contributed by atoms with van der Waals surface area (Å²) in [6.45, 7) is 4.46. The Morgan fingerprint density at radius 1 is 1.24 bits per heavy atom. The first kappa shape index (κ1) is 17.0. The molecule has 0 saturated heterocycles. The minimum absolute atomic E-state index is 0.244. The second-order valence-corrected chi connectivity index (χ2v) is 5.78. The molecular formula is C18H16ClN3O3. The van der Waals surface area contributed by atoms with Crippen LogP contribution in [0.2, 0.25) is 5.02 Å². The van der Waals surface area contributed by atoms with Crippen LogP contribution in [0.5, 0.6) is 5.75 Å². The molecule has 0 bridgehead atoms. The highest BCUT2D eigenvalue weighted by Crippen LogP contribution is 2.29. The van der Waals surface area contributed by atoms with Crippen molar-refractivity contribution in [2.75, 3.05) is 11.9 Å². The van der Waals surface area contributed by atoms with E-state index in [2.05, 4.69) is 15.6 Å². The van der Waals surface area contributed by atoms with Crippen LogP contribution in [0.1, 0.15) is 22.8 Å². The molecule has 0 aliphatic rings. The molecule has 0 fully saturated rings. The molecule has 0 saturated carbocycles. The lowest BCUT2D eigenvalue weighted by Crippen LogP contribution is -2.12. The monoisotopic (exact) mass is 357 g/mol. The number of aromatic nitrogens is 2. The summed E-state index contributed by atoms with van der Waals surface area (Å²) in [6.07, 6.45) is 0. The summed E-state index contributed by atoms with van der Waals surface area (Å²) in [6, 6.07) is 12.2. The second-order valence-electron chi connectivity index (χ2n) is 5.34. The molecular weight excluding hydrogens is 342 g/mol. The number of rotatable bonds is 5. The summed E-state index contributed by atoms with van der Waals surface area (Å²) >= 11 is 5.92. The van der Waals surface area contributed by atoms with Crippen LogP contribution in [0.15, 0.2) is 47.1 Å². The summed E-state index contributed by atoms with van der Waals surface area (Å²) in [4.78, 5) is 12.4. The van der Waals surface area contributed by atoms with E-state index in [-0.39, 0.29) is 11.7 Å². The zero-order valence-corrected chi connectivity index (χ0v) is 14.5. The predicted molar refractivity (Wildman–Crippen MR) is 95.0 cm³/mol.